The SMILES string of the molecule is C[C@@H]1[C@H](C)[C@H](C)O[C@@H](OCCNC(=O)CN(CC(=O)NCCCCCC(=O)Nc2ccccc2)CC(=O)NCCO[C@@H]2O[C@@H](C)[C@@H](O)[C@@H](O)[C@@H]2O)[C@H]1O. The van der Waals surface area contributed by atoms with Gasteiger partial charge in [-0.2, -0.15) is 0 Å². The van der Waals surface area contributed by atoms with Crippen molar-refractivity contribution >= 4 is 29.3 Å². The van der Waals surface area contributed by atoms with Crippen molar-refractivity contribution in [2.24, 2.45) is 11.8 Å². The van der Waals surface area contributed by atoms with Gasteiger partial charge in [0.25, 0.3) is 0 Å². The summed E-state index contributed by atoms with van der Waals surface area (Å²) in [4.78, 5) is 52.0. The van der Waals surface area contributed by atoms with E-state index in [4.69, 9.17) is 18.9 Å². The molecule has 0 aromatic heterocycles. The number of carbonyl (C=O) groups excluding carboxylic acids is 4. The molecule has 0 unspecified atom stereocenters. The second-order valence-corrected chi connectivity index (χ2v) is 13.8. The van der Waals surface area contributed by atoms with E-state index in [-0.39, 0.29) is 69.8 Å². The Hall–Kier alpha value is -3.26. The number of benzene rings is 1. The molecule has 8 N–H and O–H groups in total. The minimum atomic E-state index is -1.48. The predicted octanol–water partition coefficient (Wildman–Crippen LogP) is -0.925. The number of unbranched alkanes of at least 4 members (excludes halogenated alkanes) is 2. The Morgan fingerprint density at radius 1 is 0.623 bits per heavy atom. The number of para-hydroxylation sites is 1. The third kappa shape index (κ3) is 15.2. The number of hydrogen-bond donors (Lipinski definition) is 8. The first-order chi connectivity index (χ1) is 25.3. The number of aliphatic hydroxyl groups excluding tert-OH is 4. The molecule has 4 amide bonds. The maximum atomic E-state index is 12.8. The summed E-state index contributed by atoms with van der Waals surface area (Å²) in [6.45, 7) is 7.00. The van der Waals surface area contributed by atoms with Crippen LogP contribution in [0.1, 0.15) is 53.4 Å². The van der Waals surface area contributed by atoms with E-state index in [1.165, 1.54) is 11.8 Å². The maximum absolute atomic E-state index is 12.8. The van der Waals surface area contributed by atoms with Crippen LogP contribution in [0.2, 0.25) is 0 Å². The molecular weight excluding hydrogens is 694 g/mol. The summed E-state index contributed by atoms with van der Waals surface area (Å²) in [6.07, 6.45) is -5.58. The van der Waals surface area contributed by atoms with E-state index >= 15 is 0 Å². The quantitative estimate of drug-likeness (QED) is 0.0710. The average Bonchev–Trinajstić information content (AvgIpc) is 3.12. The minimum Gasteiger partial charge on any atom is -0.388 e. The number of anilines is 1. The summed E-state index contributed by atoms with van der Waals surface area (Å²) in [5.74, 6) is -1.30. The summed E-state index contributed by atoms with van der Waals surface area (Å²) in [7, 11) is 0. The van der Waals surface area contributed by atoms with Gasteiger partial charge in [-0.3, -0.25) is 24.1 Å². The first-order valence-corrected chi connectivity index (χ1v) is 18.4. The lowest BCUT2D eigenvalue weighted by atomic mass is 9.84. The zero-order chi connectivity index (χ0) is 38.9. The molecule has 0 bridgehead atoms. The highest BCUT2D eigenvalue weighted by molar-refractivity contribution is 5.90. The second-order valence-electron chi connectivity index (χ2n) is 13.8. The Labute approximate surface area is 311 Å². The van der Waals surface area contributed by atoms with Gasteiger partial charge < -0.3 is 60.6 Å². The minimum absolute atomic E-state index is 0.00348. The van der Waals surface area contributed by atoms with E-state index in [1.807, 2.05) is 51.1 Å². The molecule has 10 atom stereocenters. The molecule has 1 aromatic carbocycles. The fourth-order valence-corrected chi connectivity index (χ4v) is 5.93. The number of nitrogens with one attached hydrogen (secondary N) is 4. The molecular formula is C36H59N5O12. The standard InChI is InChI=1S/C36H59N5O12/c1-22-23(2)31(46)35(52-24(22)3)50-17-15-38-29(44)20-41(21-30(45)39-16-18-51-36-34(49)33(48)32(47)25(4)53-36)19-28(43)37-14-10-6-9-13-27(42)40-26-11-7-5-8-12-26/h5,7-8,11-12,22-25,31-36,46-49H,6,9-10,13-21H2,1-4H3,(H,37,43)(H,38,44)(H,39,45)(H,40,42)/t22-,23+,24-,25-,31-,32+,33+,34-,35+,36+/m0/s1. The monoisotopic (exact) mass is 753 g/mol. The smallest absolute Gasteiger partial charge is 0.234 e. The molecule has 0 saturated carbocycles. The van der Waals surface area contributed by atoms with E-state index < -0.39 is 60.8 Å². The van der Waals surface area contributed by atoms with Crippen molar-refractivity contribution < 1.29 is 58.6 Å². The van der Waals surface area contributed by atoms with E-state index in [1.54, 1.807) is 0 Å². The fourth-order valence-electron chi connectivity index (χ4n) is 5.93. The Bertz CT molecular complexity index is 1220. The molecule has 0 spiro atoms. The molecule has 0 radical (unpaired) electrons. The van der Waals surface area contributed by atoms with Crippen molar-refractivity contribution in [3.05, 3.63) is 30.3 Å². The van der Waals surface area contributed by atoms with Crippen molar-refractivity contribution in [2.75, 3.05) is 57.8 Å². The van der Waals surface area contributed by atoms with Gasteiger partial charge in [0.1, 0.15) is 24.4 Å². The summed E-state index contributed by atoms with van der Waals surface area (Å²) < 4.78 is 22.3. The Morgan fingerprint density at radius 3 is 1.74 bits per heavy atom. The first kappa shape index (κ1) is 44.1. The summed E-state index contributed by atoms with van der Waals surface area (Å²) in [6, 6.07) is 9.18. The van der Waals surface area contributed by atoms with Crippen molar-refractivity contribution in [3.8, 4) is 0 Å². The van der Waals surface area contributed by atoms with Crippen LogP contribution in [0.5, 0.6) is 0 Å². The number of ether oxygens (including phenoxy) is 4. The number of amides is 4. The van der Waals surface area contributed by atoms with E-state index in [0.29, 0.717) is 32.2 Å². The van der Waals surface area contributed by atoms with Crippen LogP contribution in [-0.4, -0.2) is 151 Å². The topological polar surface area (TPSA) is 237 Å². The second kappa shape index (κ2) is 22.8. The highest BCUT2D eigenvalue weighted by Gasteiger charge is 2.42. The third-order valence-corrected chi connectivity index (χ3v) is 9.52. The van der Waals surface area contributed by atoms with Gasteiger partial charge in [0.2, 0.25) is 23.6 Å². The van der Waals surface area contributed by atoms with Crippen LogP contribution in [0, 0.1) is 11.8 Å². The molecule has 0 aliphatic carbocycles. The average molecular weight is 754 g/mol. The maximum Gasteiger partial charge on any atom is 0.234 e. The van der Waals surface area contributed by atoms with Crippen molar-refractivity contribution in [2.45, 2.75) is 103 Å². The molecule has 2 saturated heterocycles. The number of aliphatic hydroxyl groups is 4. The fraction of sp³-hybridized carbons (Fsp3) is 0.722. The van der Waals surface area contributed by atoms with Gasteiger partial charge in [0, 0.05) is 31.7 Å². The van der Waals surface area contributed by atoms with E-state index in [9.17, 15) is 39.6 Å². The van der Waals surface area contributed by atoms with E-state index in [0.717, 1.165) is 5.69 Å². The molecule has 2 heterocycles. The highest BCUT2D eigenvalue weighted by Crippen LogP contribution is 2.30. The van der Waals surface area contributed by atoms with Gasteiger partial charge in [-0.25, -0.2) is 0 Å². The molecule has 17 nitrogen and oxygen atoms in total. The molecule has 2 aliphatic heterocycles. The predicted molar refractivity (Wildman–Crippen MR) is 192 cm³/mol. The van der Waals surface area contributed by atoms with Crippen molar-refractivity contribution in [1.82, 2.24) is 20.9 Å². The molecule has 1 aromatic rings. The zero-order valence-electron chi connectivity index (χ0n) is 31.1. The Kier molecular flexibility index (Phi) is 19.0. The molecule has 300 valence electrons. The molecule has 2 aliphatic rings. The molecule has 17 heteroatoms. The Morgan fingerprint density at radius 2 is 1.15 bits per heavy atom. The van der Waals surface area contributed by atoms with Crippen LogP contribution in [0.15, 0.2) is 30.3 Å². The molecule has 2 fully saturated rings. The first-order valence-electron chi connectivity index (χ1n) is 18.4. The summed E-state index contributed by atoms with van der Waals surface area (Å²) >= 11 is 0. The van der Waals surface area contributed by atoms with Crippen LogP contribution in [0.3, 0.4) is 0 Å². The number of hydrogen-bond acceptors (Lipinski definition) is 13. The van der Waals surface area contributed by atoms with Crippen molar-refractivity contribution in [3.63, 3.8) is 0 Å². The van der Waals surface area contributed by atoms with Gasteiger partial charge >= 0.3 is 0 Å². The lowest BCUT2D eigenvalue weighted by Crippen LogP contribution is -2.57. The highest BCUT2D eigenvalue weighted by atomic mass is 16.7. The van der Waals surface area contributed by atoms with Crippen LogP contribution < -0.4 is 21.3 Å². The van der Waals surface area contributed by atoms with Gasteiger partial charge in [-0.15, -0.1) is 0 Å². The van der Waals surface area contributed by atoms with Crippen LogP contribution in [0.25, 0.3) is 0 Å². The number of rotatable bonds is 21. The largest absolute Gasteiger partial charge is 0.388 e. The molecule has 53 heavy (non-hydrogen) atoms. The lowest BCUT2D eigenvalue weighted by Gasteiger charge is -2.41. The summed E-state index contributed by atoms with van der Waals surface area (Å²) in [5.41, 5.74) is 0.733. The van der Waals surface area contributed by atoms with Gasteiger partial charge in [-0.1, -0.05) is 38.5 Å². The van der Waals surface area contributed by atoms with E-state index in [2.05, 4.69) is 21.3 Å². The van der Waals surface area contributed by atoms with Gasteiger partial charge in [-0.05, 0) is 50.7 Å². The Balaban J connectivity index is 1.41. The number of carbonyl (C=O) groups is 4. The summed E-state index contributed by atoms with van der Waals surface area (Å²) in [5, 5.41) is 51.4. The normalized spacial score (nSPS) is 28.6. The number of nitrogens with zero attached hydrogens (tertiary/aromatic N) is 1. The van der Waals surface area contributed by atoms with Crippen LogP contribution >= 0.6 is 0 Å². The zero-order valence-corrected chi connectivity index (χ0v) is 31.1. The van der Waals surface area contributed by atoms with Crippen LogP contribution in [0.4, 0.5) is 5.69 Å². The van der Waals surface area contributed by atoms with Crippen LogP contribution in [-0.2, 0) is 38.1 Å². The molecule has 3 rings (SSSR count). The van der Waals surface area contributed by atoms with Gasteiger partial charge in [0.15, 0.2) is 12.6 Å². The lowest BCUT2D eigenvalue weighted by molar-refractivity contribution is -0.292. The van der Waals surface area contributed by atoms with Gasteiger partial charge in [0.05, 0.1) is 45.1 Å². The third-order valence-electron chi connectivity index (χ3n) is 9.52. The van der Waals surface area contributed by atoms with Crippen molar-refractivity contribution in [1.29, 1.82) is 0 Å².